The summed E-state index contributed by atoms with van der Waals surface area (Å²) in [5, 5.41) is 2.93. The Balaban J connectivity index is 2.20. The molecule has 0 spiro atoms. The predicted octanol–water partition coefficient (Wildman–Crippen LogP) is 4.57. The molecular weight excluding hydrogens is 302 g/mol. The van der Waals surface area contributed by atoms with Crippen molar-refractivity contribution in [2.75, 3.05) is 5.32 Å². The molecule has 2 aromatic rings. The molecule has 0 radical (unpaired) electrons. The molecule has 1 N–H and O–H groups in total. The Hall–Kier alpha value is -1.61. The molecule has 0 atom stereocenters. The maximum atomic E-state index is 12.2. The molecule has 3 heteroatoms. The lowest BCUT2D eigenvalue weighted by Gasteiger charge is -2.08. The van der Waals surface area contributed by atoms with Gasteiger partial charge in [0.25, 0.3) is 5.91 Å². The van der Waals surface area contributed by atoms with Crippen molar-refractivity contribution in [1.82, 2.24) is 0 Å². The molecule has 19 heavy (non-hydrogen) atoms. The summed E-state index contributed by atoms with van der Waals surface area (Å²) >= 11 is 3.41. The van der Waals surface area contributed by atoms with E-state index in [1.54, 1.807) is 0 Å². The fourth-order valence-electron chi connectivity index (χ4n) is 1.94. The molecule has 0 saturated heterocycles. The highest BCUT2D eigenvalue weighted by molar-refractivity contribution is 9.10. The Morgan fingerprint density at radius 2 is 2.00 bits per heavy atom. The average Bonchev–Trinajstić information content (AvgIpc) is 2.37. The fraction of sp³-hybridized carbons (Fsp3) is 0.188. The van der Waals surface area contributed by atoms with Crippen LogP contribution in [0.25, 0.3) is 0 Å². The van der Waals surface area contributed by atoms with Crippen LogP contribution in [-0.4, -0.2) is 5.91 Å². The first kappa shape index (κ1) is 13.8. The third-order valence-corrected chi connectivity index (χ3v) is 3.36. The van der Waals surface area contributed by atoms with Crippen molar-refractivity contribution in [1.29, 1.82) is 0 Å². The SMILES string of the molecule is CCc1cccc(NC(=O)c2cc(C)cc(Br)c2)c1. The van der Waals surface area contributed by atoms with E-state index in [9.17, 15) is 4.79 Å². The molecule has 0 aliphatic rings. The summed E-state index contributed by atoms with van der Waals surface area (Å²) in [5.41, 5.74) is 3.76. The molecule has 0 saturated carbocycles. The number of hydrogen-bond donors (Lipinski definition) is 1. The maximum Gasteiger partial charge on any atom is 0.255 e. The zero-order chi connectivity index (χ0) is 13.8. The van der Waals surface area contributed by atoms with E-state index in [1.165, 1.54) is 5.56 Å². The van der Waals surface area contributed by atoms with Gasteiger partial charge in [-0.3, -0.25) is 4.79 Å². The molecule has 0 unspecified atom stereocenters. The number of halogens is 1. The molecule has 2 nitrogen and oxygen atoms in total. The number of carbonyl (C=O) groups excluding carboxylic acids is 1. The third kappa shape index (κ3) is 3.67. The van der Waals surface area contributed by atoms with Crippen molar-refractivity contribution in [2.45, 2.75) is 20.3 Å². The first-order chi connectivity index (χ1) is 9.08. The number of amides is 1. The molecule has 0 fully saturated rings. The van der Waals surface area contributed by atoms with Crippen LogP contribution in [0.2, 0.25) is 0 Å². The van der Waals surface area contributed by atoms with Crippen molar-refractivity contribution in [3.05, 3.63) is 63.6 Å². The van der Waals surface area contributed by atoms with E-state index >= 15 is 0 Å². The topological polar surface area (TPSA) is 29.1 Å². The molecule has 0 aliphatic heterocycles. The highest BCUT2D eigenvalue weighted by Crippen LogP contribution is 2.17. The van der Waals surface area contributed by atoms with Crippen molar-refractivity contribution < 1.29 is 4.79 Å². The second-order valence-corrected chi connectivity index (χ2v) is 5.44. The summed E-state index contributed by atoms with van der Waals surface area (Å²) in [6, 6.07) is 13.6. The zero-order valence-corrected chi connectivity index (χ0v) is 12.6. The summed E-state index contributed by atoms with van der Waals surface area (Å²) < 4.78 is 0.917. The number of benzene rings is 2. The molecule has 0 bridgehead atoms. The Morgan fingerprint density at radius 3 is 2.68 bits per heavy atom. The lowest BCUT2D eigenvalue weighted by atomic mass is 10.1. The van der Waals surface area contributed by atoms with Gasteiger partial charge in [-0.1, -0.05) is 35.0 Å². The molecule has 2 aromatic carbocycles. The van der Waals surface area contributed by atoms with Gasteiger partial charge in [0.2, 0.25) is 0 Å². The van der Waals surface area contributed by atoms with E-state index in [4.69, 9.17) is 0 Å². The summed E-state index contributed by atoms with van der Waals surface area (Å²) in [4.78, 5) is 12.2. The number of hydrogen-bond acceptors (Lipinski definition) is 1. The van der Waals surface area contributed by atoms with E-state index in [-0.39, 0.29) is 5.91 Å². The van der Waals surface area contributed by atoms with Crippen LogP contribution in [0.15, 0.2) is 46.9 Å². The van der Waals surface area contributed by atoms with Crippen LogP contribution in [0.3, 0.4) is 0 Å². The van der Waals surface area contributed by atoms with Gasteiger partial charge < -0.3 is 5.32 Å². The van der Waals surface area contributed by atoms with Crippen LogP contribution < -0.4 is 5.32 Å². The monoisotopic (exact) mass is 317 g/mol. The summed E-state index contributed by atoms with van der Waals surface area (Å²) in [6.07, 6.45) is 0.958. The van der Waals surface area contributed by atoms with E-state index in [1.807, 2.05) is 43.3 Å². The minimum atomic E-state index is -0.0855. The normalized spacial score (nSPS) is 10.3. The Labute approximate surface area is 122 Å². The standard InChI is InChI=1S/C16H16BrNO/c1-3-12-5-4-6-15(9-12)18-16(19)13-7-11(2)8-14(17)10-13/h4-10H,3H2,1-2H3,(H,18,19). The Bertz CT molecular complexity index is 587. The van der Waals surface area contributed by atoms with Gasteiger partial charge in [-0.15, -0.1) is 0 Å². The third-order valence-electron chi connectivity index (χ3n) is 2.90. The van der Waals surface area contributed by atoms with Crippen LogP contribution in [-0.2, 0) is 6.42 Å². The van der Waals surface area contributed by atoms with Gasteiger partial charge in [0, 0.05) is 15.7 Å². The molecule has 98 valence electrons. The average molecular weight is 318 g/mol. The number of aryl methyl sites for hydroxylation is 2. The number of carbonyl (C=O) groups is 1. The van der Waals surface area contributed by atoms with Gasteiger partial charge >= 0.3 is 0 Å². The minimum absolute atomic E-state index is 0.0855. The maximum absolute atomic E-state index is 12.2. The molecular formula is C16H16BrNO. The van der Waals surface area contributed by atoms with Crippen LogP contribution in [0.4, 0.5) is 5.69 Å². The van der Waals surface area contributed by atoms with Crippen LogP contribution in [0, 0.1) is 6.92 Å². The van der Waals surface area contributed by atoms with Crippen molar-refractivity contribution in [3.63, 3.8) is 0 Å². The van der Waals surface area contributed by atoms with E-state index < -0.39 is 0 Å². The van der Waals surface area contributed by atoms with Crippen molar-refractivity contribution in [3.8, 4) is 0 Å². The van der Waals surface area contributed by atoms with E-state index in [2.05, 4.69) is 34.2 Å². The minimum Gasteiger partial charge on any atom is -0.322 e. The van der Waals surface area contributed by atoms with Gasteiger partial charge in [-0.05, 0) is 54.8 Å². The molecule has 0 aliphatic carbocycles. The van der Waals surface area contributed by atoms with Crippen molar-refractivity contribution in [2.24, 2.45) is 0 Å². The predicted molar refractivity (Wildman–Crippen MR) is 82.7 cm³/mol. The Morgan fingerprint density at radius 1 is 1.21 bits per heavy atom. The number of rotatable bonds is 3. The van der Waals surface area contributed by atoms with Crippen LogP contribution in [0.5, 0.6) is 0 Å². The number of nitrogens with one attached hydrogen (secondary N) is 1. The summed E-state index contributed by atoms with van der Waals surface area (Å²) in [6.45, 7) is 4.07. The largest absolute Gasteiger partial charge is 0.322 e. The molecule has 1 amide bonds. The fourth-order valence-corrected chi connectivity index (χ4v) is 2.55. The molecule has 2 rings (SSSR count). The first-order valence-corrected chi connectivity index (χ1v) is 7.05. The van der Waals surface area contributed by atoms with Gasteiger partial charge in [-0.2, -0.15) is 0 Å². The van der Waals surface area contributed by atoms with Crippen molar-refractivity contribution >= 4 is 27.5 Å². The quantitative estimate of drug-likeness (QED) is 0.882. The lowest BCUT2D eigenvalue weighted by Crippen LogP contribution is -2.12. The molecule has 0 heterocycles. The second-order valence-electron chi connectivity index (χ2n) is 4.53. The van der Waals surface area contributed by atoms with E-state index in [0.717, 1.165) is 22.1 Å². The highest BCUT2D eigenvalue weighted by atomic mass is 79.9. The van der Waals surface area contributed by atoms with Crippen LogP contribution in [0.1, 0.15) is 28.4 Å². The summed E-state index contributed by atoms with van der Waals surface area (Å²) in [5.74, 6) is -0.0855. The van der Waals surface area contributed by atoms with Gasteiger partial charge in [-0.25, -0.2) is 0 Å². The summed E-state index contributed by atoms with van der Waals surface area (Å²) in [7, 11) is 0. The lowest BCUT2D eigenvalue weighted by molar-refractivity contribution is 0.102. The highest BCUT2D eigenvalue weighted by Gasteiger charge is 2.07. The smallest absolute Gasteiger partial charge is 0.255 e. The Kier molecular flexibility index (Phi) is 4.38. The number of anilines is 1. The zero-order valence-electron chi connectivity index (χ0n) is 11.0. The first-order valence-electron chi connectivity index (χ1n) is 6.26. The van der Waals surface area contributed by atoms with Gasteiger partial charge in [0.1, 0.15) is 0 Å². The molecule has 0 aromatic heterocycles. The van der Waals surface area contributed by atoms with Gasteiger partial charge in [0.15, 0.2) is 0 Å². The van der Waals surface area contributed by atoms with Gasteiger partial charge in [0.05, 0.1) is 0 Å². The van der Waals surface area contributed by atoms with E-state index in [0.29, 0.717) is 5.56 Å². The van der Waals surface area contributed by atoms with Crippen LogP contribution >= 0.6 is 15.9 Å². The second kappa shape index (κ2) is 6.02.